The van der Waals surface area contributed by atoms with E-state index in [-0.39, 0.29) is 5.91 Å². The van der Waals surface area contributed by atoms with Gasteiger partial charge in [0.25, 0.3) is 5.91 Å². The Morgan fingerprint density at radius 1 is 1.19 bits per heavy atom. The van der Waals surface area contributed by atoms with Crippen LogP contribution in [0.3, 0.4) is 0 Å². The Morgan fingerprint density at radius 2 is 1.95 bits per heavy atom. The van der Waals surface area contributed by atoms with Crippen molar-refractivity contribution in [2.75, 3.05) is 23.3 Å². The molecule has 0 aliphatic carbocycles. The van der Waals surface area contributed by atoms with Gasteiger partial charge in [-0.3, -0.25) is 4.79 Å². The van der Waals surface area contributed by atoms with Gasteiger partial charge in [0.05, 0.1) is 0 Å². The van der Waals surface area contributed by atoms with E-state index in [1.807, 2.05) is 37.3 Å². The molecule has 0 unspecified atom stereocenters. The zero-order valence-corrected chi connectivity index (χ0v) is 12.4. The summed E-state index contributed by atoms with van der Waals surface area (Å²) in [6.07, 6.45) is 2.42. The Labute approximate surface area is 125 Å². The smallest absolute Gasteiger partial charge is 0.277 e. The second-order valence-corrected chi connectivity index (χ2v) is 4.60. The number of carbonyl (C=O) groups is 1. The van der Waals surface area contributed by atoms with Crippen LogP contribution in [0.2, 0.25) is 0 Å². The lowest BCUT2D eigenvalue weighted by Gasteiger charge is -2.20. The van der Waals surface area contributed by atoms with Gasteiger partial charge in [-0.1, -0.05) is 25.1 Å². The van der Waals surface area contributed by atoms with Gasteiger partial charge in [0.2, 0.25) is 0 Å². The van der Waals surface area contributed by atoms with Gasteiger partial charge in [-0.25, -0.2) is 9.97 Å². The Hall–Kier alpha value is -2.43. The van der Waals surface area contributed by atoms with E-state index >= 15 is 0 Å². The average molecular weight is 284 g/mol. The lowest BCUT2D eigenvalue weighted by atomic mass is 10.2. The van der Waals surface area contributed by atoms with Gasteiger partial charge in [0.1, 0.15) is 17.8 Å². The number of aromatic nitrogens is 2. The number of anilines is 2. The highest BCUT2D eigenvalue weighted by molar-refractivity contribution is 6.05. The van der Waals surface area contributed by atoms with Crippen molar-refractivity contribution < 1.29 is 4.79 Å². The normalized spacial score (nSPS) is 10.2. The summed E-state index contributed by atoms with van der Waals surface area (Å²) in [6.45, 7) is 5.43. The fourth-order valence-corrected chi connectivity index (χ4v) is 2.01. The average Bonchev–Trinajstić information content (AvgIpc) is 2.55. The van der Waals surface area contributed by atoms with Crippen LogP contribution < -0.4 is 10.2 Å². The van der Waals surface area contributed by atoms with Gasteiger partial charge in [-0.15, -0.1) is 0 Å². The lowest BCUT2D eigenvalue weighted by molar-refractivity contribution is 0.0983. The molecule has 5 nitrogen and oxygen atoms in total. The van der Waals surface area contributed by atoms with Crippen LogP contribution >= 0.6 is 0 Å². The number of benzene rings is 1. The fraction of sp³-hybridized carbons (Fsp3) is 0.312. The summed E-state index contributed by atoms with van der Waals surface area (Å²) >= 11 is 0. The summed E-state index contributed by atoms with van der Waals surface area (Å²) in [5.74, 6) is 0.560. The van der Waals surface area contributed by atoms with Crippen LogP contribution in [0.1, 0.15) is 30.8 Å². The van der Waals surface area contributed by atoms with Crippen molar-refractivity contribution >= 4 is 17.4 Å². The van der Waals surface area contributed by atoms with E-state index < -0.39 is 0 Å². The van der Waals surface area contributed by atoms with Crippen molar-refractivity contribution in [3.05, 3.63) is 48.4 Å². The van der Waals surface area contributed by atoms with Crippen LogP contribution in [0.5, 0.6) is 0 Å². The first-order valence-corrected chi connectivity index (χ1v) is 7.19. The Kier molecular flexibility index (Phi) is 5.26. The molecule has 1 amide bonds. The fourth-order valence-electron chi connectivity index (χ4n) is 2.01. The summed E-state index contributed by atoms with van der Waals surface area (Å²) in [5.41, 5.74) is 1.26. The summed E-state index contributed by atoms with van der Waals surface area (Å²) < 4.78 is 0. The third-order valence-corrected chi connectivity index (χ3v) is 3.07. The molecule has 21 heavy (non-hydrogen) atoms. The number of hydrogen-bond acceptors (Lipinski definition) is 4. The third kappa shape index (κ3) is 3.78. The number of para-hydroxylation sites is 1. The maximum atomic E-state index is 12.6. The monoisotopic (exact) mass is 284 g/mol. The molecule has 0 atom stereocenters. The van der Waals surface area contributed by atoms with Crippen LogP contribution in [0.15, 0.2) is 42.7 Å². The Bertz CT molecular complexity index is 586. The number of nitrogens with one attached hydrogen (secondary N) is 1. The molecule has 1 N–H and O–H groups in total. The van der Waals surface area contributed by atoms with Crippen molar-refractivity contribution in [2.45, 2.75) is 20.3 Å². The molecular formula is C16H20N4O. The summed E-state index contributed by atoms with van der Waals surface area (Å²) in [7, 11) is 0. The molecule has 1 heterocycles. The minimum atomic E-state index is -0.120. The molecule has 0 aliphatic rings. The molecule has 2 aromatic rings. The van der Waals surface area contributed by atoms with E-state index in [1.165, 1.54) is 6.33 Å². The van der Waals surface area contributed by atoms with Gasteiger partial charge in [0.15, 0.2) is 0 Å². The van der Waals surface area contributed by atoms with E-state index in [0.29, 0.717) is 18.1 Å². The molecule has 0 spiro atoms. The molecule has 0 bridgehead atoms. The summed E-state index contributed by atoms with van der Waals surface area (Å²) in [5, 5.41) is 3.16. The van der Waals surface area contributed by atoms with E-state index in [2.05, 4.69) is 22.2 Å². The third-order valence-electron chi connectivity index (χ3n) is 3.07. The van der Waals surface area contributed by atoms with Crippen LogP contribution in [0.25, 0.3) is 0 Å². The maximum absolute atomic E-state index is 12.6. The van der Waals surface area contributed by atoms with Crippen molar-refractivity contribution in [2.24, 2.45) is 0 Å². The molecule has 1 aromatic carbocycles. The first kappa shape index (κ1) is 15.0. The van der Waals surface area contributed by atoms with Gasteiger partial charge in [-0.2, -0.15) is 0 Å². The molecule has 2 rings (SSSR count). The quantitative estimate of drug-likeness (QED) is 0.886. The molecular weight excluding hydrogens is 264 g/mol. The van der Waals surface area contributed by atoms with E-state index in [1.54, 1.807) is 11.0 Å². The highest BCUT2D eigenvalue weighted by Crippen LogP contribution is 2.16. The van der Waals surface area contributed by atoms with E-state index in [0.717, 1.165) is 18.7 Å². The van der Waals surface area contributed by atoms with Crippen molar-refractivity contribution in [3.8, 4) is 0 Å². The van der Waals surface area contributed by atoms with Gasteiger partial charge < -0.3 is 10.2 Å². The maximum Gasteiger partial charge on any atom is 0.277 e. The molecule has 5 heteroatoms. The lowest BCUT2D eigenvalue weighted by Crippen LogP contribution is -2.31. The second-order valence-electron chi connectivity index (χ2n) is 4.60. The molecule has 0 aliphatic heterocycles. The number of hydrogen-bond donors (Lipinski definition) is 1. The number of amides is 1. The highest BCUT2D eigenvalue weighted by atomic mass is 16.2. The second kappa shape index (κ2) is 7.38. The van der Waals surface area contributed by atoms with Crippen molar-refractivity contribution in [1.82, 2.24) is 9.97 Å². The predicted molar refractivity (Wildman–Crippen MR) is 84.6 cm³/mol. The minimum Gasteiger partial charge on any atom is -0.370 e. The molecule has 0 fully saturated rings. The highest BCUT2D eigenvalue weighted by Gasteiger charge is 2.17. The minimum absolute atomic E-state index is 0.120. The SMILES string of the molecule is CCCNc1cc(C(=O)N(CC)c2ccccc2)ncn1. The van der Waals surface area contributed by atoms with Crippen LogP contribution in [-0.4, -0.2) is 29.0 Å². The Morgan fingerprint density at radius 3 is 2.62 bits per heavy atom. The van der Waals surface area contributed by atoms with Gasteiger partial charge in [-0.05, 0) is 25.5 Å². The standard InChI is InChI=1S/C16H20N4O/c1-3-10-17-15-11-14(18-12-19-15)16(21)20(4-2)13-8-6-5-7-9-13/h5-9,11-12H,3-4,10H2,1-2H3,(H,17,18,19). The van der Waals surface area contributed by atoms with Gasteiger partial charge >= 0.3 is 0 Å². The van der Waals surface area contributed by atoms with Crippen LogP contribution in [0, 0.1) is 0 Å². The largest absolute Gasteiger partial charge is 0.370 e. The number of carbonyl (C=O) groups excluding carboxylic acids is 1. The van der Waals surface area contributed by atoms with E-state index in [9.17, 15) is 4.79 Å². The number of nitrogens with zero attached hydrogens (tertiary/aromatic N) is 3. The zero-order chi connectivity index (χ0) is 15.1. The van der Waals surface area contributed by atoms with E-state index in [4.69, 9.17) is 0 Å². The zero-order valence-electron chi connectivity index (χ0n) is 12.4. The van der Waals surface area contributed by atoms with Crippen molar-refractivity contribution in [3.63, 3.8) is 0 Å². The summed E-state index contributed by atoms with van der Waals surface area (Å²) in [4.78, 5) is 22.5. The molecule has 110 valence electrons. The van der Waals surface area contributed by atoms with Crippen molar-refractivity contribution in [1.29, 1.82) is 0 Å². The predicted octanol–water partition coefficient (Wildman–Crippen LogP) is 2.97. The topological polar surface area (TPSA) is 58.1 Å². The van der Waals surface area contributed by atoms with Crippen LogP contribution in [0.4, 0.5) is 11.5 Å². The first-order valence-electron chi connectivity index (χ1n) is 7.19. The van der Waals surface area contributed by atoms with Gasteiger partial charge in [0, 0.05) is 24.8 Å². The van der Waals surface area contributed by atoms with Crippen LogP contribution in [-0.2, 0) is 0 Å². The first-order chi connectivity index (χ1) is 10.3. The molecule has 0 radical (unpaired) electrons. The molecule has 0 saturated carbocycles. The number of rotatable bonds is 6. The molecule has 0 saturated heterocycles. The molecule has 1 aromatic heterocycles. The Balaban J connectivity index is 2.21. The summed E-state index contributed by atoms with van der Waals surface area (Å²) in [6, 6.07) is 11.3.